The summed E-state index contributed by atoms with van der Waals surface area (Å²) in [6.45, 7) is 16.3. The van der Waals surface area contributed by atoms with E-state index in [2.05, 4.69) is 42.8 Å². The highest BCUT2D eigenvalue weighted by Crippen LogP contribution is 2.13. The van der Waals surface area contributed by atoms with Gasteiger partial charge in [0.1, 0.15) is 0 Å². The fraction of sp³-hybridized carbons (Fsp3) is 1.00. The zero-order valence-electron chi connectivity index (χ0n) is 12.9. The first kappa shape index (κ1) is 15.9. The van der Waals surface area contributed by atoms with E-state index in [-0.39, 0.29) is 0 Å². The van der Waals surface area contributed by atoms with Crippen LogP contribution in [0.2, 0.25) is 0 Å². The Morgan fingerprint density at radius 3 is 2.50 bits per heavy atom. The molecule has 1 atom stereocenters. The van der Waals surface area contributed by atoms with Crippen LogP contribution in [-0.2, 0) is 0 Å². The molecule has 1 saturated heterocycles. The molecule has 1 aliphatic rings. The van der Waals surface area contributed by atoms with E-state index in [0.717, 1.165) is 12.6 Å². The molecular formula is C15H33N3. The Hall–Kier alpha value is -0.120. The standard InChI is InChI=1S/C15H33N3/c1-5-17(6-2)13-10-16-15-8-7-11-18(12-9-15)14(3)4/h14-16H,5-13H2,1-4H3. The fourth-order valence-electron chi connectivity index (χ4n) is 2.81. The van der Waals surface area contributed by atoms with Gasteiger partial charge in [0.15, 0.2) is 0 Å². The molecule has 1 unspecified atom stereocenters. The molecule has 0 saturated carbocycles. The van der Waals surface area contributed by atoms with E-state index < -0.39 is 0 Å². The SMILES string of the molecule is CCN(CC)CCNC1CCCN(C(C)C)CC1. The minimum atomic E-state index is 0.708. The molecule has 0 spiro atoms. The third-order valence-corrected chi connectivity index (χ3v) is 4.25. The zero-order valence-corrected chi connectivity index (χ0v) is 12.9. The van der Waals surface area contributed by atoms with E-state index in [1.165, 1.54) is 52.0 Å². The van der Waals surface area contributed by atoms with Gasteiger partial charge in [-0.1, -0.05) is 13.8 Å². The van der Waals surface area contributed by atoms with Gasteiger partial charge in [0, 0.05) is 25.2 Å². The highest BCUT2D eigenvalue weighted by molar-refractivity contribution is 4.76. The zero-order chi connectivity index (χ0) is 13.4. The number of likely N-dealkylation sites (N-methyl/N-ethyl adjacent to an activating group) is 1. The van der Waals surface area contributed by atoms with E-state index >= 15 is 0 Å². The number of rotatable bonds is 7. The molecule has 0 radical (unpaired) electrons. The number of nitrogens with one attached hydrogen (secondary N) is 1. The van der Waals surface area contributed by atoms with Gasteiger partial charge in [-0.05, 0) is 59.3 Å². The maximum absolute atomic E-state index is 3.75. The van der Waals surface area contributed by atoms with Crippen molar-refractivity contribution in [2.24, 2.45) is 0 Å². The molecule has 1 rings (SSSR count). The van der Waals surface area contributed by atoms with Crippen LogP contribution in [0.3, 0.4) is 0 Å². The van der Waals surface area contributed by atoms with Gasteiger partial charge in [0.25, 0.3) is 0 Å². The second-order valence-corrected chi connectivity index (χ2v) is 5.74. The van der Waals surface area contributed by atoms with E-state index in [1.807, 2.05) is 0 Å². The summed E-state index contributed by atoms with van der Waals surface area (Å²) >= 11 is 0. The van der Waals surface area contributed by atoms with Crippen LogP contribution < -0.4 is 5.32 Å². The summed E-state index contributed by atoms with van der Waals surface area (Å²) in [5.41, 5.74) is 0. The monoisotopic (exact) mass is 255 g/mol. The summed E-state index contributed by atoms with van der Waals surface area (Å²) in [6, 6.07) is 1.45. The van der Waals surface area contributed by atoms with E-state index in [9.17, 15) is 0 Å². The minimum absolute atomic E-state index is 0.708. The van der Waals surface area contributed by atoms with Gasteiger partial charge < -0.3 is 15.1 Å². The summed E-state index contributed by atoms with van der Waals surface area (Å²) in [5.74, 6) is 0. The molecule has 1 fully saturated rings. The molecule has 3 nitrogen and oxygen atoms in total. The largest absolute Gasteiger partial charge is 0.313 e. The first-order valence-corrected chi connectivity index (χ1v) is 7.87. The van der Waals surface area contributed by atoms with Crippen LogP contribution in [0, 0.1) is 0 Å². The van der Waals surface area contributed by atoms with E-state index in [0.29, 0.717) is 6.04 Å². The average molecular weight is 255 g/mol. The molecule has 0 aromatic heterocycles. The lowest BCUT2D eigenvalue weighted by Gasteiger charge is -2.24. The number of hydrogen-bond acceptors (Lipinski definition) is 3. The van der Waals surface area contributed by atoms with Crippen molar-refractivity contribution in [2.45, 2.75) is 59.0 Å². The van der Waals surface area contributed by atoms with Crippen molar-refractivity contribution in [3.05, 3.63) is 0 Å². The summed E-state index contributed by atoms with van der Waals surface area (Å²) < 4.78 is 0. The summed E-state index contributed by atoms with van der Waals surface area (Å²) in [7, 11) is 0. The van der Waals surface area contributed by atoms with Gasteiger partial charge in [0.05, 0.1) is 0 Å². The maximum Gasteiger partial charge on any atom is 0.0107 e. The van der Waals surface area contributed by atoms with Gasteiger partial charge in [-0.15, -0.1) is 0 Å². The van der Waals surface area contributed by atoms with E-state index in [1.54, 1.807) is 0 Å². The lowest BCUT2D eigenvalue weighted by Crippen LogP contribution is -2.38. The van der Waals surface area contributed by atoms with Crippen LogP contribution in [0.15, 0.2) is 0 Å². The van der Waals surface area contributed by atoms with E-state index in [4.69, 9.17) is 0 Å². The molecule has 0 aromatic rings. The summed E-state index contributed by atoms with van der Waals surface area (Å²) in [5, 5.41) is 3.75. The van der Waals surface area contributed by atoms with Gasteiger partial charge in [0.2, 0.25) is 0 Å². The van der Waals surface area contributed by atoms with Crippen molar-refractivity contribution in [3.8, 4) is 0 Å². The number of likely N-dealkylation sites (tertiary alicyclic amines) is 1. The van der Waals surface area contributed by atoms with Gasteiger partial charge in [-0.25, -0.2) is 0 Å². The van der Waals surface area contributed by atoms with Crippen molar-refractivity contribution in [2.75, 3.05) is 39.3 Å². The third-order valence-electron chi connectivity index (χ3n) is 4.25. The molecule has 0 bridgehead atoms. The molecule has 1 N–H and O–H groups in total. The highest BCUT2D eigenvalue weighted by Gasteiger charge is 2.18. The lowest BCUT2D eigenvalue weighted by molar-refractivity contribution is 0.228. The van der Waals surface area contributed by atoms with Crippen molar-refractivity contribution in [1.82, 2.24) is 15.1 Å². The van der Waals surface area contributed by atoms with Gasteiger partial charge in [-0.2, -0.15) is 0 Å². The van der Waals surface area contributed by atoms with Crippen molar-refractivity contribution in [1.29, 1.82) is 0 Å². The van der Waals surface area contributed by atoms with Crippen LogP contribution >= 0.6 is 0 Å². The molecule has 1 heterocycles. The minimum Gasteiger partial charge on any atom is -0.313 e. The lowest BCUT2D eigenvalue weighted by atomic mass is 10.1. The molecule has 0 aliphatic carbocycles. The Labute approximate surface area is 114 Å². The van der Waals surface area contributed by atoms with Crippen LogP contribution in [0.25, 0.3) is 0 Å². The quantitative estimate of drug-likeness (QED) is 0.752. The Kier molecular flexibility index (Phi) is 7.87. The van der Waals surface area contributed by atoms with Crippen LogP contribution in [-0.4, -0.2) is 61.2 Å². The Morgan fingerprint density at radius 1 is 1.17 bits per heavy atom. The van der Waals surface area contributed by atoms with Crippen molar-refractivity contribution < 1.29 is 0 Å². The molecule has 0 amide bonds. The van der Waals surface area contributed by atoms with Crippen LogP contribution in [0.1, 0.15) is 47.0 Å². The maximum atomic E-state index is 3.75. The predicted octanol–water partition coefficient (Wildman–Crippen LogP) is 2.18. The summed E-state index contributed by atoms with van der Waals surface area (Å²) in [4.78, 5) is 5.11. The Morgan fingerprint density at radius 2 is 1.89 bits per heavy atom. The van der Waals surface area contributed by atoms with Gasteiger partial charge in [-0.3, -0.25) is 0 Å². The first-order chi connectivity index (χ1) is 8.67. The molecule has 3 heteroatoms. The molecule has 1 aliphatic heterocycles. The van der Waals surface area contributed by atoms with Crippen molar-refractivity contribution >= 4 is 0 Å². The first-order valence-electron chi connectivity index (χ1n) is 7.87. The Balaban J connectivity index is 2.19. The fourth-order valence-corrected chi connectivity index (χ4v) is 2.81. The molecular weight excluding hydrogens is 222 g/mol. The Bertz CT molecular complexity index is 202. The molecule has 108 valence electrons. The predicted molar refractivity (Wildman–Crippen MR) is 80.1 cm³/mol. The van der Waals surface area contributed by atoms with Crippen LogP contribution in [0.4, 0.5) is 0 Å². The van der Waals surface area contributed by atoms with Gasteiger partial charge >= 0.3 is 0 Å². The second kappa shape index (κ2) is 8.89. The summed E-state index contributed by atoms with van der Waals surface area (Å²) in [6.07, 6.45) is 4.01. The second-order valence-electron chi connectivity index (χ2n) is 5.74. The third kappa shape index (κ3) is 5.68. The molecule has 0 aromatic carbocycles. The topological polar surface area (TPSA) is 18.5 Å². The molecule has 18 heavy (non-hydrogen) atoms. The highest BCUT2D eigenvalue weighted by atomic mass is 15.2. The number of hydrogen-bond donors (Lipinski definition) is 1. The van der Waals surface area contributed by atoms with Crippen LogP contribution in [0.5, 0.6) is 0 Å². The van der Waals surface area contributed by atoms with Crippen molar-refractivity contribution in [3.63, 3.8) is 0 Å². The average Bonchev–Trinajstić information content (AvgIpc) is 2.60. The number of nitrogens with zero attached hydrogens (tertiary/aromatic N) is 2. The smallest absolute Gasteiger partial charge is 0.0107 e. The normalized spacial score (nSPS) is 22.7.